The van der Waals surface area contributed by atoms with Gasteiger partial charge in [0, 0.05) is 17.8 Å². The van der Waals surface area contributed by atoms with Crippen molar-refractivity contribution in [2.45, 2.75) is 94.8 Å². The molecule has 3 saturated heterocycles. The molecule has 3 aliphatic heterocycles. The second-order valence-electron chi connectivity index (χ2n) is 11.4. The molecule has 0 aromatic heterocycles. The van der Waals surface area contributed by atoms with Gasteiger partial charge in [-0.25, -0.2) is 0 Å². The van der Waals surface area contributed by atoms with E-state index in [0.717, 1.165) is 50.8 Å². The Balaban J connectivity index is 1.33. The van der Waals surface area contributed by atoms with E-state index in [-0.39, 0.29) is 60.6 Å². The molecule has 0 radical (unpaired) electrons. The molecule has 0 bridgehead atoms. The SMILES string of the molecule is C[C@H]1[C@H]([Si](C)(C)O)[C@@H](CC(=O)N2CCC[C@H]2CO)O[C@H]1CCc1ccc(NC(=O)[C@H]2CCCN2)cc1. The van der Waals surface area contributed by atoms with Gasteiger partial charge >= 0.3 is 0 Å². The minimum absolute atomic E-state index is 0.0000955. The monoisotopic (exact) mass is 517 g/mol. The molecule has 0 spiro atoms. The molecule has 8 nitrogen and oxygen atoms in total. The minimum atomic E-state index is -2.56. The van der Waals surface area contributed by atoms with E-state index in [9.17, 15) is 19.5 Å². The van der Waals surface area contributed by atoms with E-state index in [4.69, 9.17) is 4.74 Å². The topological polar surface area (TPSA) is 111 Å². The summed E-state index contributed by atoms with van der Waals surface area (Å²) in [6.07, 6.45) is 5.28. The van der Waals surface area contributed by atoms with Gasteiger partial charge in [0.05, 0.1) is 37.3 Å². The molecule has 0 unspecified atom stereocenters. The quantitative estimate of drug-likeness (QED) is 0.375. The van der Waals surface area contributed by atoms with Crippen molar-refractivity contribution >= 4 is 25.8 Å². The Morgan fingerprint density at radius 1 is 1.17 bits per heavy atom. The molecular weight excluding hydrogens is 474 g/mol. The Morgan fingerprint density at radius 3 is 2.56 bits per heavy atom. The second-order valence-corrected chi connectivity index (χ2v) is 15.4. The summed E-state index contributed by atoms with van der Waals surface area (Å²) in [6, 6.07) is 7.79. The molecule has 0 saturated carbocycles. The summed E-state index contributed by atoms with van der Waals surface area (Å²) < 4.78 is 6.47. The molecule has 36 heavy (non-hydrogen) atoms. The molecule has 4 N–H and O–H groups in total. The van der Waals surface area contributed by atoms with Crippen LogP contribution in [0, 0.1) is 5.92 Å². The number of anilines is 1. The fourth-order valence-corrected chi connectivity index (χ4v) is 9.06. The summed E-state index contributed by atoms with van der Waals surface area (Å²) in [5, 5.41) is 15.8. The number of likely N-dealkylation sites (tertiary alicyclic amines) is 1. The predicted molar refractivity (Wildman–Crippen MR) is 142 cm³/mol. The molecule has 6 atom stereocenters. The Kier molecular flexibility index (Phi) is 8.88. The lowest BCUT2D eigenvalue weighted by Crippen LogP contribution is -2.43. The molecule has 0 aliphatic carbocycles. The van der Waals surface area contributed by atoms with Crippen molar-refractivity contribution in [2.75, 3.05) is 25.0 Å². The minimum Gasteiger partial charge on any atom is -0.432 e. The summed E-state index contributed by atoms with van der Waals surface area (Å²) in [4.78, 5) is 38.3. The number of nitrogens with one attached hydrogen (secondary N) is 2. The molecule has 3 fully saturated rings. The molecular formula is C27H43N3O5Si. The number of carbonyl (C=O) groups is 2. The molecule has 200 valence electrons. The number of aryl methyl sites for hydroxylation is 1. The zero-order valence-corrected chi connectivity index (χ0v) is 22.9. The number of amides is 2. The van der Waals surface area contributed by atoms with Crippen LogP contribution in [-0.4, -0.2) is 78.9 Å². The van der Waals surface area contributed by atoms with Crippen LogP contribution in [0.15, 0.2) is 24.3 Å². The average Bonchev–Trinajstić information content (AvgIpc) is 3.58. The number of carbonyl (C=O) groups excluding carboxylic acids is 2. The fraction of sp³-hybridized carbons (Fsp3) is 0.704. The summed E-state index contributed by atoms with van der Waals surface area (Å²) in [6.45, 7) is 7.61. The van der Waals surface area contributed by atoms with Crippen LogP contribution in [0.1, 0.15) is 51.0 Å². The van der Waals surface area contributed by atoms with Crippen molar-refractivity contribution in [1.82, 2.24) is 10.2 Å². The van der Waals surface area contributed by atoms with Crippen LogP contribution >= 0.6 is 0 Å². The van der Waals surface area contributed by atoms with Gasteiger partial charge < -0.3 is 30.2 Å². The van der Waals surface area contributed by atoms with Crippen LogP contribution in [0.2, 0.25) is 18.6 Å². The number of benzene rings is 1. The van der Waals surface area contributed by atoms with Crippen molar-refractivity contribution in [2.24, 2.45) is 5.92 Å². The number of aliphatic hydroxyl groups excluding tert-OH is 1. The van der Waals surface area contributed by atoms with Gasteiger partial charge in [-0.1, -0.05) is 19.1 Å². The van der Waals surface area contributed by atoms with Crippen LogP contribution in [0.5, 0.6) is 0 Å². The van der Waals surface area contributed by atoms with Crippen molar-refractivity contribution in [3.8, 4) is 0 Å². The largest absolute Gasteiger partial charge is 0.432 e. The maximum atomic E-state index is 13.1. The molecule has 2 amide bonds. The van der Waals surface area contributed by atoms with E-state index >= 15 is 0 Å². The maximum Gasteiger partial charge on any atom is 0.241 e. The van der Waals surface area contributed by atoms with Crippen molar-refractivity contribution in [3.63, 3.8) is 0 Å². The van der Waals surface area contributed by atoms with Gasteiger partial charge in [-0.2, -0.15) is 0 Å². The van der Waals surface area contributed by atoms with Crippen molar-refractivity contribution in [1.29, 1.82) is 0 Å². The van der Waals surface area contributed by atoms with E-state index in [0.29, 0.717) is 6.54 Å². The van der Waals surface area contributed by atoms with E-state index in [2.05, 4.69) is 17.6 Å². The lowest BCUT2D eigenvalue weighted by atomic mass is 9.95. The van der Waals surface area contributed by atoms with E-state index in [1.165, 1.54) is 5.56 Å². The zero-order valence-electron chi connectivity index (χ0n) is 21.9. The highest BCUT2D eigenvalue weighted by Crippen LogP contribution is 2.45. The van der Waals surface area contributed by atoms with Crippen LogP contribution in [-0.2, 0) is 20.7 Å². The first-order chi connectivity index (χ1) is 17.2. The third-order valence-corrected chi connectivity index (χ3v) is 10.8. The number of hydrogen-bond donors (Lipinski definition) is 4. The smallest absolute Gasteiger partial charge is 0.241 e. The average molecular weight is 518 g/mol. The lowest BCUT2D eigenvalue weighted by Gasteiger charge is -2.31. The number of aliphatic hydroxyl groups is 1. The summed E-state index contributed by atoms with van der Waals surface area (Å²) in [7, 11) is -2.56. The van der Waals surface area contributed by atoms with Crippen molar-refractivity contribution < 1.29 is 24.2 Å². The summed E-state index contributed by atoms with van der Waals surface area (Å²) >= 11 is 0. The van der Waals surface area contributed by atoms with Gasteiger partial charge in [-0.3, -0.25) is 9.59 Å². The van der Waals surface area contributed by atoms with Crippen LogP contribution in [0.3, 0.4) is 0 Å². The third-order valence-electron chi connectivity index (χ3n) is 8.32. The van der Waals surface area contributed by atoms with Gasteiger partial charge in [0.2, 0.25) is 11.8 Å². The van der Waals surface area contributed by atoms with E-state index in [1.807, 2.05) is 37.4 Å². The van der Waals surface area contributed by atoms with Gasteiger partial charge in [0.15, 0.2) is 8.32 Å². The standard InChI is InChI=1S/C27H43N3O5Si/c1-18-23(13-10-19-8-11-20(12-9-19)29-27(33)22-7-4-14-28-22)35-24(26(18)36(2,3)34)16-25(32)30-15-5-6-21(30)17-31/h8-9,11-12,18,21-24,26,28,31,34H,4-7,10,13-17H2,1-3H3,(H,29,33)/t18-,21+,22-,23+,24-,26+/m1/s1. The summed E-state index contributed by atoms with van der Waals surface area (Å²) in [5.41, 5.74) is 1.96. The van der Waals surface area contributed by atoms with E-state index in [1.54, 1.807) is 4.90 Å². The maximum absolute atomic E-state index is 13.1. The Labute approximate surface area is 215 Å². The van der Waals surface area contributed by atoms with Gasteiger partial charge in [-0.15, -0.1) is 0 Å². The molecule has 4 rings (SSSR count). The van der Waals surface area contributed by atoms with Crippen LogP contribution in [0.4, 0.5) is 5.69 Å². The number of nitrogens with zero attached hydrogens (tertiary/aromatic N) is 1. The fourth-order valence-electron chi connectivity index (χ4n) is 6.45. The Morgan fingerprint density at radius 2 is 1.92 bits per heavy atom. The van der Waals surface area contributed by atoms with Gasteiger partial charge in [0.1, 0.15) is 0 Å². The zero-order chi connectivity index (χ0) is 25.9. The lowest BCUT2D eigenvalue weighted by molar-refractivity contribution is -0.135. The normalized spacial score (nSPS) is 30.6. The highest BCUT2D eigenvalue weighted by atomic mass is 28.4. The second kappa shape index (κ2) is 11.7. The molecule has 3 heterocycles. The number of rotatable bonds is 9. The van der Waals surface area contributed by atoms with Crippen LogP contribution < -0.4 is 10.6 Å². The highest BCUT2D eigenvalue weighted by Gasteiger charge is 2.50. The van der Waals surface area contributed by atoms with E-state index < -0.39 is 8.32 Å². The van der Waals surface area contributed by atoms with Crippen molar-refractivity contribution in [3.05, 3.63) is 29.8 Å². The number of hydrogen-bond acceptors (Lipinski definition) is 6. The number of ether oxygens (including phenoxy) is 1. The van der Waals surface area contributed by atoms with Gasteiger partial charge in [-0.05, 0) is 81.8 Å². The molecule has 1 aromatic rings. The first-order valence-electron chi connectivity index (χ1n) is 13.6. The van der Waals surface area contributed by atoms with Crippen LogP contribution in [0.25, 0.3) is 0 Å². The predicted octanol–water partition coefficient (Wildman–Crippen LogP) is 2.65. The Bertz CT molecular complexity index is 900. The van der Waals surface area contributed by atoms with Gasteiger partial charge in [0.25, 0.3) is 0 Å². The highest BCUT2D eigenvalue weighted by molar-refractivity contribution is 6.71. The first kappa shape index (κ1) is 27.3. The first-order valence-corrected chi connectivity index (χ1v) is 16.6. The molecule has 3 aliphatic rings. The molecule has 1 aromatic carbocycles. The summed E-state index contributed by atoms with van der Waals surface area (Å²) in [5.74, 6) is 0.215. The third kappa shape index (κ3) is 6.37. The Hall–Kier alpha value is -1.78. The molecule has 9 heteroatoms.